The number of rotatable bonds is 7. The Balaban J connectivity index is 1.64. The first-order chi connectivity index (χ1) is 12.2. The van der Waals surface area contributed by atoms with E-state index in [0.29, 0.717) is 44.6 Å². The van der Waals surface area contributed by atoms with E-state index in [1.54, 1.807) is 12.0 Å². The topological polar surface area (TPSA) is 80.9 Å². The van der Waals surface area contributed by atoms with E-state index in [2.05, 4.69) is 10.1 Å². The van der Waals surface area contributed by atoms with Gasteiger partial charge in [-0.2, -0.15) is 4.98 Å². The second-order valence-corrected chi connectivity index (χ2v) is 5.70. The minimum atomic E-state index is 0.0224. The summed E-state index contributed by atoms with van der Waals surface area (Å²) in [6.07, 6.45) is 0. The summed E-state index contributed by atoms with van der Waals surface area (Å²) < 4.78 is 15.8. The fourth-order valence-electron chi connectivity index (χ4n) is 2.72. The third-order valence-corrected chi connectivity index (χ3v) is 3.98. The molecule has 1 aromatic carbocycles. The number of hydrogen-bond donors (Lipinski definition) is 0. The highest BCUT2D eigenvalue weighted by Gasteiger charge is 2.25. The van der Waals surface area contributed by atoms with E-state index < -0.39 is 0 Å². The molecule has 1 amide bonds. The maximum atomic E-state index is 12.8. The standard InChI is InChI=1S/C17H22N4O4/c1-3-20(10-16-18-15(12-23-2)19-25-16)11-17(22)21-8-9-24-14-7-5-4-6-13(14)21/h4-7H,3,8-12H2,1-2H3. The Bertz CT molecular complexity index is 718. The highest BCUT2D eigenvalue weighted by Crippen LogP contribution is 2.31. The van der Waals surface area contributed by atoms with Crippen molar-refractivity contribution in [3.8, 4) is 5.75 Å². The summed E-state index contributed by atoms with van der Waals surface area (Å²) in [5.41, 5.74) is 0.815. The largest absolute Gasteiger partial charge is 0.490 e. The van der Waals surface area contributed by atoms with E-state index in [-0.39, 0.29) is 12.5 Å². The number of benzene rings is 1. The minimum absolute atomic E-state index is 0.0224. The summed E-state index contributed by atoms with van der Waals surface area (Å²) in [4.78, 5) is 20.8. The quantitative estimate of drug-likeness (QED) is 0.751. The van der Waals surface area contributed by atoms with Gasteiger partial charge in [-0.1, -0.05) is 24.2 Å². The third-order valence-electron chi connectivity index (χ3n) is 3.98. The van der Waals surface area contributed by atoms with Gasteiger partial charge < -0.3 is 18.9 Å². The van der Waals surface area contributed by atoms with Crippen LogP contribution in [0.25, 0.3) is 0 Å². The summed E-state index contributed by atoms with van der Waals surface area (Å²) in [5.74, 6) is 1.74. The zero-order valence-electron chi connectivity index (χ0n) is 14.5. The van der Waals surface area contributed by atoms with Crippen molar-refractivity contribution in [2.75, 3.05) is 38.3 Å². The highest BCUT2D eigenvalue weighted by molar-refractivity contribution is 5.96. The Kier molecular flexibility index (Phi) is 5.62. The average molecular weight is 346 g/mol. The summed E-state index contributed by atoms with van der Waals surface area (Å²) in [5, 5.41) is 3.84. The van der Waals surface area contributed by atoms with Gasteiger partial charge in [-0.3, -0.25) is 9.69 Å². The molecule has 8 heteroatoms. The van der Waals surface area contributed by atoms with Crippen LogP contribution in [0.15, 0.2) is 28.8 Å². The molecule has 134 valence electrons. The second-order valence-electron chi connectivity index (χ2n) is 5.70. The molecule has 0 saturated carbocycles. The van der Waals surface area contributed by atoms with Crippen molar-refractivity contribution < 1.29 is 18.8 Å². The maximum Gasteiger partial charge on any atom is 0.241 e. The number of aromatic nitrogens is 2. The molecular formula is C17H22N4O4. The fourth-order valence-corrected chi connectivity index (χ4v) is 2.72. The van der Waals surface area contributed by atoms with Crippen LogP contribution in [0.5, 0.6) is 5.75 Å². The van der Waals surface area contributed by atoms with Crippen molar-refractivity contribution >= 4 is 11.6 Å². The Morgan fingerprint density at radius 3 is 3.04 bits per heavy atom. The van der Waals surface area contributed by atoms with Crippen LogP contribution in [0.2, 0.25) is 0 Å². The van der Waals surface area contributed by atoms with Gasteiger partial charge in [0.05, 0.1) is 25.3 Å². The lowest BCUT2D eigenvalue weighted by molar-refractivity contribution is -0.120. The summed E-state index contributed by atoms with van der Waals surface area (Å²) in [6, 6.07) is 7.58. The van der Waals surface area contributed by atoms with Gasteiger partial charge in [0, 0.05) is 7.11 Å². The Hall–Kier alpha value is -2.45. The van der Waals surface area contributed by atoms with E-state index in [1.807, 2.05) is 36.1 Å². The van der Waals surface area contributed by atoms with Crippen LogP contribution in [-0.4, -0.2) is 54.3 Å². The molecule has 0 bridgehead atoms. The molecule has 0 unspecified atom stereocenters. The first kappa shape index (κ1) is 17.4. The average Bonchev–Trinajstić information content (AvgIpc) is 3.08. The monoisotopic (exact) mass is 346 g/mol. The SMILES string of the molecule is CCN(CC(=O)N1CCOc2ccccc21)Cc1nc(COC)no1. The highest BCUT2D eigenvalue weighted by atomic mass is 16.5. The maximum absolute atomic E-state index is 12.8. The molecule has 2 aromatic rings. The van der Waals surface area contributed by atoms with Gasteiger partial charge in [0.1, 0.15) is 19.0 Å². The molecular weight excluding hydrogens is 324 g/mol. The molecule has 25 heavy (non-hydrogen) atoms. The van der Waals surface area contributed by atoms with E-state index in [4.69, 9.17) is 14.0 Å². The lowest BCUT2D eigenvalue weighted by atomic mass is 10.2. The number of methoxy groups -OCH3 is 1. The van der Waals surface area contributed by atoms with E-state index in [9.17, 15) is 4.79 Å². The van der Waals surface area contributed by atoms with Crippen molar-refractivity contribution in [2.45, 2.75) is 20.1 Å². The van der Waals surface area contributed by atoms with Crippen LogP contribution in [0.3, 0.4) is 0 Å². The Labute approximate surface area is 146 Å². The number of nitrogens with zero attached hydrogens (tertiary/aromatic N) is 4. The Morgan fingerprint density at radius 2 is 2.24 bits per heavy atom. The smallest absolute Gasteiger partial charge is 0.241 e. The predicted molar refractivity (Wildman–Crippen MR) is 90.3 cm³/mol. The summed E-state index contributed by atoms with van der Waals surface area (Å²) in [6.45, 7) is 4.73. The van der Waals surface area contributed by atoms with Crippen LogP contribution in [-0.2, 0) is 22.7 Å². The van der Waals surface area contributed by atoms with Gasteiger partial charge in [0.25, 0.3) is 0 Å². The number of hydrogen-bond acceptors (Lipinski definition) is 7. The summed E-state index contributed by atoms with van der Waals surface area (Å²) in [7, 11) is 1.58. The number of likely N-dealkylation sites (N-methyl/N-ethyl adjacent to an activating group) is 1. The molecule has 0 radical (unpaired) electrons. The predicted octanol–water partition coefficient (Wildman–Crippen LogP) is 1.46. The first-order valence-corrected chi connectivity index (χ1v) is 8.26. The molecule has 0 spiro atoms. The molecule has 1 aliphatic heterocycles. The molecule has 0 aliphatic carbocycles. The van der Waals surface area contributed by atoms with Crippen LogP contribution < -0.4 is 9.64 Å². The van der Waals surface area contributed by atoms with Crippen LogP contribution in [0.4, 0.5) is 5.69 Å². The molecule has 3 rings (SSSR count). The molecule has 8 nitrogen and oxygen atoms in total. The fraction of sp³-hybridized carbons (Fsp3) is 0.471. The van der Waals surface area contributed by atoms with Gasteiger partial charge in [-0.05, 0) is 18.7 Å². The number of anilines is 1. The van der Waals surface area contributed by atoms with Crippen molar-refractivity contribution in [3.05, 3.63) is 36.0 Å². The zero-order chi connectivity index (χ0) is 17.6. The number of ether oxygens (including phenoxy) is 2. The second kappa shape index (κ2) is 8.09. The molecule has 0 fully saturated rings. The van der Waals surface area contributed by atoms with Crippen LogP contribution in [0.1, 0.15) is 18.6 Å². The van der Waals surface area contributed by atoms with Gasteiger partial charge in [0.2, 0.25) is 11.8 Å². The molecule has 0 atom stereocenters. The third kappa shape index (κ3) is 4.15. The number of carbonyl (C=O) groups is 1. The van der Waals surface area contributed by atoms with E-state index >= 15 is 0 Å². The van der Waals surface area contributed by atoms with Gasteiger partial charge >= 0.3 is 0 Å². The zero-order valence-corrected chi connectivity index (χ0v) is 14.5. The Morgan fingerprint density at radius 1 is 1.40 bits per heavy atom. The van der Waals surface area contributed by atoms with Crippen LogP contribution >= 0.6 is 0 Å². The van der Waals surface area contributed by atoms with Crippen molar-refractivity contribution in [1.29, 1.82) is 0 Å². The van der Waals surface area contributed by atoms with E-state index in [0.717, 1.165) is 11.4 Å². The molecule has 0 N–H and O–H groups in total. The molecule has 0 saturated heterocycles. The van der Waals surface area contributed by atoms with Crippen molar-refractivity contribution in [2.24, 2.45) is 0 Å². The molecule has 2 heterocycles. The van der Waals surface area contributed by atoms with Gasteiger partial charge in [0.15, 0.2) is 5.82 Å². The van der Waals surface area contributed by atoms with Gasteiger partial charge in [-0.15, -0.1) is 0 Å². The van der Waals surface area contributed by atoms with Gasteiger partial charge in [-0.25, -0.2) is 0 Å². The molecule has 1 aliphatic rings. The van der Waals surface area contributed by atoms with E-state index in [1.165, 1.54) is 0 Å². The van der Waals surface area contributed by atoms with Crippen molar-refractivity contribution in [3.63, 3.8) is 0 Å². The minimum Gasteiger partial charge on any atom is -0.490 e. The summed E-state index contributed by atoms with van der Waals surface area (Å²) >= 11 is 0. The number of fused-ring (bicyclic) bond motifs is 1. The number of para-hydroxylation sites is 2. The lowest BCUT2D eigenvalue weighted by Gasteiger charge is -2.31. The number of amides is 1. The first-order valence-electron chi connectivity index (χ1n) is 8.26. The number of carbonyl (C=O) groups excluding carboxylic acids is 1. The molecule has 1 aromatic heterocycles. The van der Waals surface area contributed by atoms with Crippen LogP contribution in [0, 0.1) is 0 Å². The van der Waals surface area contributed by atoms with Crippen molar-refractivity contribution in [1.82, 2.24) is 15.0 Å². The normalized spacial score (nSPS) is 13.6. The lowest BCUT2D eigenvalue weighted by Crippen LogP contribution is -2.44.